The first-order valence-corrected chi connectivity index (χ1v) is 7.65. The molecule has 0 unspecified atom stereocenters. The van der Waals surface area contributed by atoms with Crippen LogP contribution >= 0.6 is 0 Å². The van der Waals surface area contributed by atoms with Crippen LogP contribution < -0.4 is 11.4 Å². The molecule has 1 aliphatic rings. The molecule has 0 aliphatic carbocycles. The van der Waals surface area contributed by atoms with Gasteiger partial charge >= 0.3 is 11.7 Å². The Balaban J connectivity index is 2.33. The van der Waals surface area contributed by atoms with Gasteiger partial charge in [0.2, 0.25) is 0 Å². The maximum Gasteiger partial charge on any atom is 0.351 e. The maximum absolute atomic E-state index is 12.1. The number of carbonyl (C=O) groups is 1. The predicted octanol–water partition coefficient (Wildman–Crippen LogP) is -0.645. The highest BCUT2D eigenvalue weighted by Crippen LogP contribution is 2.39. The standard InChI is InChI=1S/C16H21N3O6/c1-4-6-16(23)12(20)10(8-24-13(21)9(2)3)25-14(16)19-7-5-11(17)18-15(19)22/h5-7,9-10,12,14,20,23H,1,8H2,2-3H3,(H2,17,18,22)/t10-,12-,14-,16-/m1/s1. The van der Waals surface area contributed by atoms with Crippen molar-refractivity contribution in [3.05, 3.63) is 41.1 Å². The number of aliphatic hydroxyl groups excluding tert-OH is 1. The van der Waals surface area contributed by atoms with Crippen LogP contribution in [0.4, 0.5) is 5.82 Å². The van der Waals surface area contributed by atoms with Crippen molar-refractivity contribution in [1.82, 2.24) is 9.55 Å². The van der Waals surface area contributed by atoms with Crippen molar-refractivity contribution >= 4 is 11.8 Å². The number of nitrogens with zero attached hydrogens (tertiary/aromatic N) is 2. The van der Waals surface area contributed by atoms with E-state index in [1.807, 2.05) is 0 Å². The summed E-state index contributed by atoms with van der Waals surface area (Å²) in [6.07, 6.45) is -1.50. The van der Waals surface area contributed by atoms with Gasteiger partial charge in [0.1, 0.15) is 24.6 Å². The summed E-state index contributed by atoms with van der Waals surface area (Å²) in [6, 6.07) is 1.35. The molecule has 1 aromatic rings. The number of aromatic nitrogens is 2. The van der Waals surface area contributed by atoms with Crippen molar-refractivity contribution in [3.63, 3.8) is 0 Å². The first-order valence-electron chi connectivity index (χ1n) is 7.65. The third-order valence-corrected chi connectivity index (χ3v) is 3.82. The number of hydrogen-bond acceptors (Lipinski definition) is 8. The van der Waals surface area contributed by atoms with E-state index in [-0.39, 0.29) is 18.3 Å². The summed E-state index contributed by atoms with van der Waals surface area (Å²) < 4.78 is 11.6. The SMILES string of the molecule is C=C=C[C@@]1(O)[C@H](O)[C@@H](COC(=O)C(C)C)O[C@H]1n1ccc(N)nc1=O. The van der Waals surface area contributed by atoms with Crippen LogP contribution in [0.5, 0.6) is 0 Å². The third kappa shape index (κ3) is 3.64. The van der Waals surface area contributed by atoms with E-state index >= 15 is 0 Å². The van der Waals surface area contributed by atoms with E-state index < -0.39 is 35.7 Å². The lowest BCUT2D eigenvalue weighted by Gasteiger charge is -2.27. The van der Waals surface area contributed by atoms with Gasteiger partial charge in [-0.15, -0.1) is 5.73 Å². The van der Waals surface area contributed by atoms with Crippen molar-refractivity contribution in [2.24, 2.45) is 5.92 Å². The summed E-state index contributed by atoms with van der Waals surface area (Å²) in [5, 5.41) is 21.3. The second-order valence-electron chi connectivity index (χ2n) is 6.03. The first-order chi connectivity index (χ1) is 11.7. The fourth-order valence-electron chi connectivity index (χ4n) is 2.47. The number of rotatable bonds is 5. The molecule has 1 saturated heterocycles. The van der Waals surface area contributed by atoms with Crippen LogP contribution in [0, 0.1) is 5.92 Å². The molecule has 4 atom stereocenters. The molecule has 0 spiro atoms. The number of aliphatic hydroxyl groups is 2. The molecule has 136 valence electrons. The Hall–Kier alpha value is -2.45. The average Bonchev–Trinajstić information content (AvgIpc) is 2.77. The zero-order valence-electron chi connectivity index (χ0n) is 14.0. The van der Waals surface area contributed by atoms with Crippen molar-refractivity contribution in [2.45, 2.75) is 37.9 Å². The van der Waals surface area contributed by atoms with Gasteiger partial charge < -0.3 is 25.4 Å². The monoisotopic (exact) mass is 351 g/mol. The molecule has 0 radical (unpaired) electrons. The summed E-state index contributed by atoms with van der Waals surface area (Å²) in [5.41, 5.74) is 5.05. The predicted molar refractivity (Wildman–Crippen MR) is 87.3 cm³/mol. The normalized spacial score (nSPS) is 28.6. The fraction of sp³-hybridized carbons (Fsp3) is 0.500. The molecule has 0 aromatic carbocycles. The number of carbonyl (C=O) groups excluding carboxylic acids is 1. The number of hydrogen-bond donors (Lipinski definition) is 3. The first kappa shape index (κ1) is 18.9. The van der Waals surface area contributed by atoms with Gasteiger partial charge in [0.15, 0.2) is 11.8 Å². The van der Waals surface area contributed by atoms with Gasteiger partial charge in [0.05, 0.1) is 5.92 Å². The van der Waals surface area contributed by atoms with E-state index in [0.29, 0.717) is 0 Å². The molecule has 25 heavy (non-hydrogen) atoms. The highest BCUT2D eigenvalue weighted by Gasteiger charge is 2.55. The molecular formula is C16H21N3O6. The third-order valence-electron chi connectivity index (χ3n) is 3.82. The second kappa shape index (κ2) is 7.20. The minimum atomic E-state index is -2.02. The fourth-order valence-corrected chi connectivity index (χ4v) is 2.47. The van der Waals surface area contributed by atoms with Gasteiger partial charge in [-0.25, -0.2) is 4.79 Å². The Kier molecular flexibility index (Phi) is 5.44. The van der Waals surface area contributed by atoms with Gasteiger partial charge in [-0.1, -0.05) is 20.4 Å². The smallest absolute Gasteiger partial charge is 0.351 e. The van der Waals surface area contributed by atoms with Gasteiger partial charge in [-0.05, 0) is 12.1 Å². The summed E-state index contributed by atoms with van der Waals surface area (Å²) in [4.78, 5) is 27.2. The molecule has 1 aromatic heterocycles. The molecule has 9 heteroatoms. The maximum atomic E-state index is 12.1. The van der Waals surface area contributed by atoms with E-state index in [1.54, 1.807) is 13.8 Å². The Morgan fingerprint density at radius 2 is 2.36 bits per heavy atom. The molecule has 9 nitrogen and oxygen atoms in total. The van der Waals surface area contributed by atoms with Crippen LogP contribution in [0.2, 0.25) is 0 Å². The van der Waals surface area contributed by atoms with Crippen molar-refractivity contribution in [1.29, 1.82) is 0 Å². The quantitative estimate of drug-likeness (QED) is 0.470. The summed E-state index contributed by atoms with van der Waals surface area (Å²) in [7, 11) is 0. The zero-order valence-corrected chi connectivity index (χ0v) is 14.0. The molecule has 1 aliphatic heterocycles. The van der Waals surface area contributed by atoms with Crippen LogP contribution in [-0.2, 0) is 14.3 Å². The zero-order chi connectivity index (χ0) is 18.8. The average molecular weight is 351 g/mol. The minimum Gasteiger partial charge on any atom is -0.463 e. The Morgan fingerprint density at radius 1 is 1.68 bits per heavy atom. The van der Waals surface area contributed by atoms with Crippen molar-refractivity contribution in [2.75, 3.05) is 12.3 Å². The van der Waals surface area contributed by atoms with Crippen molar-refractivity contribution in [3.8, 4) is 0 Å². The van der Waals surface area contributed by atoms with Crippen LogP contribution in [0.25, 0.3) is 0 Å². The number of esters is 1. The van der Waals surface area contributed by atoms with Crippen molar-refractivity contribution < 1.29 is 24.5 Å². The lowest BCUT2D eigenvalue weighted by molar-refractivity contribution is -0.153. The molecule has 4 N–H and O–H groups in total. The number of nitrogens with two attached hydrogens (primary N) is 1. The van der Waals surface area contributed by atoms with Crippen LogP contribution in [0.1, 0.15) is 20.1 Å². The lowest BCUT2D eigenvalue weighted by Crippen LogP contribution is -2.47. The Bertz CT molecular complexity index is 754. The summed E-state index contributed by atoms with van der Waals surface area (Å²) in [6.45, 7) is 6.40. The van der Waals surface area contributed by atoms with Gasteiger partial charge in [-0.2, -0.15) is 4.98 Å². The van der Waals surface area contributed by atoms with Crippen LogP contribution in [0.3, 0.4) is 0 Å². The summed E-state index contributed by atoms with van der Waals surface area (Å²) in [5.74, 6) is -0.830. The van der Waals surface area contributed by atoms with Crippen LogP contribution in [0.15, 0.2) is 35.4 Å². The number of ether oxygens (including phenoxy) is 2. The Morgan fingerprint density at radius 3 is 2.92 bits per heavy atom. The highest BCUT2D eigenvalue weighted by molar-refractivity contribution is 5.71. The van der Waals surface area contributed by atoms with Gasteiger partial charge in [0, 0.05) is 6.20 Å². The van der Waals surface area contributed by atoms with E-state index in [9.17, 15) is 19.8 Å². The molecular weight excluding hydrogens is 330 g/mol. The van der Waals surface area contributed by atoms with E-state index in [2.05, 4.69) is 17.3 Å². The largest absolute Gasteiger partial charge is 0.463 e. The molecule has 1 fully saturated rings. The molecule has 0 amide bonds. The summed E-state index contributed by atoms with van der Waals surface area (Å²) >= 11 is 0. The van der Waals surface area contributed by atoms with E-state index in [1.165, 1.54) is 12.3 Å². The molecule has 2 heterocycles. The molecule has 0 saturated carbocycles. The van der Waals surface area contributed by atoms with E-state index in [0.717, 1.165) is 10.6 Å². The lowest BCUT2D eigenvalue weighted by atomic mass is 9.94. The topological polar surface area (TPSA) is 137 Å². The minimum absolute atomic E-state index is 0.00464. The Labute approximate surface area is 144 Å². The van der Waals surface area contributed by atoms with Crippen LogP contribution in [-0.4, -0.2) is 50.1 Å². The second-order valence-corrected chi connectivity index (χ2v) is 6.03. The molecule has 0 bridgehead atoms. The molecule has 2 rings (SSSR count). The van der Waals surface area contributed by atoms with Gasteiger partial charge in [-0.3, -0.25) is 9.36 Å². The number of nitrogen functional groups attached to an aromatic ring is 1. The van der Waals surface area contributed by atoms with E-state index in [4.69, 9.17) is 15.2 Å². The van der Waals surface area contributed by atoms with Gasteiger partial charge in [0.25, 0.3) is 0 Å². The highest BCUT2D eigenvalue weighted by atomic mass is 16.6. The number of anilines is 1.